The Morgan fingerprint density at radius 3 is 2.64 bits per heavy atom. The quantitative estimate of drug-likeness (QED) is 0.608. The normalized spacial score (nSPS) is 11.5. The van der Waals surface area contributed by atoms with Crippen molar-refractivity contribution >= 4 is 21.7 Å². The fourth-order valence-corrected chi connectivity index (χ4v) is 3.59. The Morgan fingerprint density at radius 1 is 1.14 bits per heavy atom. The maximum Gasteiger partial charge on any atom is 0.244 e. The number of aryl methyl sites for hydroxylation is 2. The van der Waals surface area contributed by atoms with Crippen LogP contribution in [0, 0.1) is 0 Å². The third-order valence-electron chi connectivity index (χ3n) is 4.00. The molecule has 1 N–H and O–H groups in total. The molecule has 3 aromatic rings. The van der Waals surface area contributed by atoms with Crippen LogP contribution in [0.15, 0.2) is 66.2 Å². The van der Waals surface area contributed by atoms with E-state index in [0.29, 0.717) is 12.4 Å². The van der Waals surface area contributed by atoms with E-state index in [-0.39, 0.29) is 11.4 Å². The molecule has 0 aliphatic carbocycles. The van der Waals surface area contributed by atoms with E-state index >= 15 is 0 Å². The molecule has 0 aromatic carbocycles. The highest BCUT2D eigenvalue weighted by Crippen LogP contribution is 2.12. The summed E-state index contributed by atoms with van der Waals surface area (Å²) >= 11 is 0. The number of aromatic nitrogens is 4. The van der Waals surface area contributed by atoms with Crippen LogP contribution in [0.1, 0.15) is 5.56 Å². The summed E-state index contributed by atoms with van der Waals surface area (Å²) in [6.45, 7) is 0.316. The lowest BCUT2D eigenvalue weighted by atomic mass is 10.2. The standard InChI is InChI=1S/C18H20N6O3S/c1-23(28(26,27)16-3-2-8-20-13-16)14-18(25)21-17-7-12-24(22-17)11-6-15-4-9-19-10-5-15/h2-5,7-10,12-13H,6,11,14H2,1H3,(H,21,22,25). The van der Waals surface area contributed by atoms with Crippen molar-refractivity contribution in [3.63, 3.8) is 0 Å². The van der Waals surface area contributed by atoms with Crippen molar-refractivity contribution in [1.82, 2.24) is 24.1 Å². The Hall–Kier alpha value is -3.11. The first-order valence-electron chi connectivity index (χ1n) is 8.54. The van der Waals surface area contributed by atoms with Gasteiger partial charge in [0.05, 0.1) is 6.54 Å². The zero-order valence-electron chi connectivity index (χ0n) is 15.3. The summed E-state index contributed by atoms with van der Waals surface area (Å²) in [4.78, 5) is 20.0. The monoisotopic (exact) mass is 400 g/mol. The van der Waals surface area contributed by atoms with Crippen molar-refractivity contribution in [2.75, 3.05) is 18.9 Å². The van der Waals surface area contributed by atoms with E-state index in [1.165, 1.54) is 31.6 Å². The van der Waals surface area contributed by atoms with Gasteiger partial charge in [-0.3, -0.25) is 19.4 Å². The summed E-state index contributed by atoms with van der Waals surface area (Å²) < 4.78 is 27.5. The van der Waals surface area contributed by atoms with Crippen LogP contribution >= 0.6 is 0 Å². The predicted octanol–water partition coefficient (Wildman–Crippen LogP) is 1.17. The number of likely N-dealkylation sites (N-methyl/N-ethyl adjacent to an activating group) is 1. The largest absolute Gasteiger partial charge is 0.308 e. The summed E-state index contributed by atoms with van der Waals surface area (Å²) in [6.07, 6.45) is 8.74. The van der Waals surface area contributed by atoms with Crippen molar-refractivity contribution in [3.05, 3.63) is 66.9 Å². The van der Waals surface area contributed by atoms with Crippen LogP contribution in [-0.2, 0) is 27.8 Å². The minimum absolute atomic E-state index is 0.0330. The second kappa shape index (κ2) is 8.72. The number of nitrogens with one attached hydrogen (secondary N) is 1. The summed E-state index contributed by atoms with van der Waals surface area (Å²) in [5, 5.41) is 6.90. The number of pyridine rings is 2. The van der Waals surface area contributed by atoms with E-state index in [4.69, 9.17) is 0 Å². The highest BCUT2D eigenvalue weighted by molar-refractivity contribution is 7.89. The molecule has 0 fully saturated rings. The molecule has 0 spiro atoms. The molecule has 146 valence electrons. The topological polar surface area (TPSA) is 110 Å². The van der Waals surface area contributed by atoms with E-state index in [9.17, 15) is 13.2 Å². The minimum atomic E-state index is -3.78. The maximum absolute atomic E-state index is 12.4. The Balaban J connectivity index is 1.54. The number of carbonyl (C=O) groups is 1. The van der Waals surface area contributed by atoms with Crippen LogP contribution in [0.4, 0.5) is 5.82 Å². The first-order chi connectivity index (χ1) is 13.4. The van der Waals surface area contributed by atoms with Gasteiger partial charge in [0.15, 0.2) is 5.82 Å². The summed E-state index contributed by atoms with van der Waals surface area (Å²) in [7, 11) is -2.44. The minimum Gasteiger partial charge on any atom is -0.308 e. The van der Waals surface area contributed by atoms with Crippen molar-refractivity contribution < 1.29 is 13.2 Å². The van der Waals surface area contributed by atoms with Gasteiger partial charge in [0.25, 0.3) is 0 Å². The molecule has 0 aliphatic rings. The zero-order valence-corrected chi connectivity index (χ0v) is 16.1. The van der Waals surface area contributed by atoms with Crippen molar-refractivity contribution in [3.8, 4) is 0 Å². The van der Waals surface area contributed by atoms with E-state index in [0.717, 1.165) is 16.3 Å². The molecule has 0 aliphatic heterocycles. The second-order valence-electron chi connectivity index (χ2n) is 6.07. The van der Waals surface area contributed by atoms with Crippen LogP contribution in [0.2, 0.25) is 0 Å². The third kappa shape index (κ3) is 4.99. The lowest BCUT2D eigenvalue weighted by molar-refractivity contribution is -0.116. The SMILES string of the molecule is CN(CC(=O)Nc1ccn(CCc2ccncc2)n1)S(=O)(=O)c1cccnc1. The summed E-state index contributed by atoms with van der Waals surface area (Å²) in [5.74, 6) is -0.110. The zero-order chi connectivity index (χ0) is 20.0. The maximum atomic E-state index is 12.4. The van der Waals surface area contributed by atoms with Crippen LogP contribution in [0.3, 0.4) is 0 Å². The number of hydrogen-bond acceptors (Lipinski definition) is 6. The van der Waals surface area contributed by atoms with Gasteiger partial charge in [0.1, 0.15) is 4.90 Å². The Morgan fingerprint density at radius 2 is 1.93 bits per heavy atom. The number of rotatable bonds is 8. The molecule has 0 radical (unpaired) electrons. The highest BCUT2D eigenvalue weighted by atomic mass is 32.2. The first kappa shape index (κ1) is 19.6. The molecule has 0 atom stereocenters. The Bertz CT molecular complexity index is 1020. The van der Waals surface area contributed by atoms with E-state index in [1.807, 2.05) is 12.1 Å². The molecule has 0 unspecified atom stereocenters. The summed E-state index contributed by atoms with van der Waals surface area (Å²) in [5.41, 5.74) is 1.14. The number of amides is 1. The van der Waals surface area contributed by atoms with Crippen molar-refractivity contribution in [2.45, 2.75) is 17.9 Å². The molecule has 0 saturated carbocycles. The highest BCUT2D eigenvalue weighted by Gasteiger charge is 2.23. The van der Waals surface area contributed by atoms with E-state index in [2.05, 4.69) is 20.4 Å². The third-order valence-corrected chi connectivity index (χ3v) is 5.78. The molecule has 1 amide bonds. The van der Waals surface area contributed by atoms with Crippen molar-refractivity contribution in [1.29, 1.82) is 0 Å². The molecule has 10 heteroatoms. The average molecular weight is 400 g/mol. The molecule has 3 rings (SSSR count). The molecular formula is C18H20N6O3S. The van der Waals surface area contributed by atoms with Crippen molar-refractivity contribution in [2.24, 2.45) is 0 Å². The van der Waals surface area contributed by atoms with Gasteiger partial charge in [-0.05, 0) is 36.2 Å². The fraction of sp³-hybridized carbons (Fsp3) is 0.222. The number of anilines is 1. The number of sulfonamides is 1. The molecule has 28 heavy (non-hydrogen) atoms. The van der Waals surface area contributed by atoms with Crippen LogP contribution in [0.5, 0.6) is 0 Å². The van der Waals surface area contributed by atoms with Gasteiger partial charge in [0, 0.05) is 50.6 Å². The molecule has 0 saturated heterocycles. The number of nitrogens with zero attached hydrogens (tertiary/aromatic N) is 5. The molecule has 3 aromatic heterocycles. The van der Waals surface area contributed by atoms with Gasteiger partial charge in [-0.1, -0.05) is 0 Å². The molecular weight excluding hydrogens is 380 g/mol. The van der Waals surface area contributed by atoms with Gasteiger partial charge in [-0.15, -0.1) is 0 Å². The van der Waals surface area contributed by atoms with Gasteiger partial charge in [-0.2, -0.15) is 9.40 Å². The van der Waals surface area contributed by atoms with Crippen LogP contribution in [-0.4, -0.2) is 52.0 Å². The Labute approximate surface area is 163 Å². The van der Waals surface area contributed by atoms with Gasteiger partial charge in [0.2, 0.25) is 15.9 Å². The first-order valence-corrected chi connectivity index (χ1v) is 9.98. The van der Waals surface area contributed by atoms with Gasteiger partial charge < -0.3 is 5.32 Å². The second-order valence-corrected chi connectivity index (χ2v) is 8.11. The summed E-state index contributed by atoms with van der Waals surface area (Å²) in [6, 6.07) is 8.50. The van der Waals surface area contributed by atoms with Gasteiger partial charge in [-0.25, -0.2) is 8.42 Å². The molecule has 9 nitrogen and oxygen atoms in total. The number of hydrogen-bond donors (Lipinski definition) is 1. The smallest absolute Gasteiger partial charge is 0.244 e. The predicted molar refractivity (Wildman–Crippen MR) is 103 cm³/mol. The fourth-order valence-electron chi connectivity index (χ4n) is 2.50. The number of carbonyl (C=O) groups excluding carboxylic acids is 1. The van der Waals surface area contributed by atoms with E-state index in [1.54, 1.807) is 29.3 Å². The lowest BCUT2D eigenvalue weighted by Gasteiger charge is -2.16. The average Bonchev–Trinajstić information content (AvgIpc) is 3.15. The molecule has 0 bridgehead atoms. The Kier molecular flexibility index (Phi) is 6.12. The molecule has 3 heterocycles. The van der Waals surface area contributed by atoms with E-state index < -0.39 is 15.9 Å². The van der Waals surface area contributed by atoms with Crippen LogP contribution < -0.4 is 5.32 Å². The van der Waals surface area contributed by atoms with Gasteiger partial charge >= 0.3 is 0 Å². The van der Waals surface area contributed by atoms with Crippen LogP contribution in [0.25, 0.3) is 0 Å². The lowest BCUT2D eigenvalue weighted by Crippen LogP contribution is -2.35.